The van der Waals surface area contributed by atoms with Gasteiger partial charge in [0.05, 0.1) is 57.1 Å². The van der Waals surface area contributed by atoms with E-state index in [1.54, 1.807) is 30.5 Å². The average Bonchev–Trinajstić information content (AvgIpc) is 1.67. The van der Waals surface area contributed by atoms with E-state index >= 15 is 0 Å². The number of carboxylic acids is 1. The van der Waals surface area contributed by atoms with Crippen LogP contribution >= 0.6 is 63.1 Å². The number of carbonyl (C=O) groups is 20. The number of rotatable bonds is 61. The number of aromatic amines is 2. The number of hydrogen-bond donors (Lipinski definition) is 36. The van der Waals surface area contributed by atoms with Gasteiger partial charge in [0.15, 0.2) is 11.9 Å². The molecule has 0 unspecified atom stereocenters. The van der Waals surface area contributed by atoms with E-state index in [2.05, 4.69) is 184 Å². The molecule has 15 atom stereocenters. The molecule has 36 N–H and O–H groups in total. The lowest BCUT2D eigenvalue weighted by Gasteiger charge is -2.27. The summed E-state index contributed by atoms with van der Waals surface area (Å²) in [5, 5.41) is 84.3. The van der Waals surface area contributed by atoms with Crippen LogP contribution in [0.2, 0.25) is 0 Å². The number of thiol groups is 5. The van der Waals surface area contributed by atoms with Crippen molar-refractivity contribution in [2.45, 2.75) is 181 Å². The van der Waals surface area contributed by atoms with Crippen LogP contribution in [-0.4, -0.2) is 327 Å². The summed E-state index contributed by atoms with van der Waals surface area (Å²) >= 11 is 20.8. The maximum Gasteiger partial charge on any atom is 0.305 e. The van der Waals surface area contributed by atoms with E-state index < -0.39 is 278 Å². The third-order valence-electron chi connectivity index (χ3n) is 19.6. The zero-order valence-electron chi connectivity index (χ0n) is 71.7. The summed E-state index contributed by atoms with van der Waals surface area (Å²) in [6, 6.07) is -15.9. The smallest absolute Gasteiger partial charge is 0.305 e. The van der Waals surface area contributed by atoms with Crippen LogP contribution in [0.15, 0.2) is 43.0 Å². The Kier molecular flexibility index (Phi) is 50.0. The van der Waals surface area contributed by atoms with Gasteiger partial charge in [-0.15, -0.1) is 0 Å². The first-order chi connectivity index (χ1) is 62.7. The highest BCUT2D eigenvalue weighted by molar-refractivity contribution is 7.81. The Balaban J connectivity index is 1.48. The molecule has 1 fully saturated rings. The van der Waals surface area contributed by atoms with Crippen molar-refractivity contribution in [2.75, 3.05) is 81.2 Å². The quantitative estimate of drug-likeness (QED) is 0.0108. The summed E-state index contributed by atoms with van der Waals surface area (Å²) in [6.45, 7) is -1.62. The predicted octanol–water partition coefficient (Wildman–Crippen LogP) is -13.3. The minimum absolute atomic E-state index is 0.00211. The number of aliphatic carboxylic acids is 1. The Morgan fingerprint density at radius 1 is 0.455 bits per heavy atom. The van der Waals surface area contributed by atoms with Crippen LogP contribution in [0.1, 0.15) is 88.8 Å². The lowest BCUT2D eigenvalue weighted by Crippen LogP contribution is -2.61. The molecule has 132 heavy (non-hydrogen) atoms. The van der Waals surface area contributed by atoms with Gasteiger partial charge in [0, 0.05) is 78.0 Å². The van der Waals surface area contributed by atoms with Gasteiger partial charge in [-0.3, -0.25) is 107 Å². The molecule has 2 aromatic heterocycles. The van der Waals surface area contributed by atoms with Gasteiger partial charge in [-0.25, -0.2) is 4.98 Å². The molecule has 4 rings (SSSR count). The monoisotopic (exact) mass is 1950 g/mol. The minimum atomic E-state index is -2.07. The fourth-order valence-corrected chi connectivity index (χ4v) is 13.8. The number of nitrogens with two attached hydrogens (primary N) is 5. The molecule has 1 aromatic carbocycles. The van der Waals surface area contributed by atoms with Gasteiger partial charge in [0.1, 0.15) is 84.6 Å². The highest BCUT2D eigenvalue weighted by Crippen LogP contribution is 2.20. The SMILES string of the molecule is C[C@H](NC(=O)[C@H](Cc1c[nH]cn1)NC(=O)[C@H](CC(=O)O)NC(=O)[C@H](CCCNC(=N)N)NC(=O)[C@H](CS)NC(=O)[C@H](Cc1c[nH]c2ccccc12)NC(=O)[C@H](CS)NC(=O)CNC(=O)[C@H](CCCCN)NC(=O)CNC(=O)CNC(=O)[C@H](CC(N)=O)NC(=O)[C@H](CS)NC(=O)[C@H](CS)NC(=O)[C@@H]1CCCN1)C(=O)N[C@@H](CCCNC(=N)N)C(=O)N[C@@H](CO)C(=O)N[C@@H](CS)C(N)=O. The molecule has 0 aliphatic carbocycles. The van der Waals surface area contributed by atoms with E-state index in [9.17, 15) is 106 Å². The van der Waals surface area contributed by atoms with Gasteiger partial charge in [-0.2, -0.15) is 63.1 Å². The standard InChI is InChI=1S/C75H118N30O22S5/c1-35(60(114)95-42(13-7-17-85-74(79)80)65(119)101-48(28-106)69(123)102-49(29-128)59(78)113)92-66(120)45(20-37-24-83-34-91-37)98-68(122)47(22-58(111)112)100-64(118)43(14-8-18-86-75(81)82)96-71(125)51(31-130)104-67(121)44(19-36-23-87-39-10-3-2-9-38(36)39)97-70(124)50(30-129)94-57(110)27-90-61(115)41(11-4-5-15-76)93-56(109)26-88-55(108)25-89-62(116)46(21-54(77)107)99-72(126)52(32-131)105-73(127)53(33-132)103-63(117)40-12-6-16-84-40/h2-3,9-10,23-24,34-35,40-53,84,87,106,128-132H,4-8,11-22,25-33,76H2,1H3,(H2,77,107)(H2,78,113)(H,83,91)(H,88,108)(H,89,116)(H,90,115)(H,92,120)(H,93,109)(H,94,110)(H,95,114)(H,96,125)(H,97,124)(H,98,122)(H,99,126)(H,100,118)(H,101,119)(H,102,123)(H,103,117)(H,104,121)(H,105,127)(H,111,112)(H4,79,80,85)(H4,81,82,86)/t35-,40-,41-,42-,43-,44-,45-,46-,47-,48-,49-,50-,51-,52-,53-/m0/s1. The van der Waals surface area contributed by atoms with Gasteiger partial charge < -0.3 is 155 Å². The Hall–Kier alpha value is -12.5. The van der Waals surface area contributed by atoms with Crippen molar-refractivity contribution < 1.29 is 106 Å². The van der Waals surface area contributed by atoms with Crippen molar-refractivity contribution in [3.05, 3.63) is 54.2 Å². The average molecular weight is 1950 g/mol. The van der Waals surface area contributed by atoms with E-state index in [1.165, 1.54) is 19.4 Å². The zero-order valence-corrected chi connectivity index (χ0v) is 76.2. The number of aromatic nitrogens is 3. The van der Waals surface area contributed by atoms with Gasteiger partial charge in [0.2, 0.25) is 112 Å². The van der Waals surface area contributed by atoms with E-state index in [1.807, 2.05) is 0 Å². The number of fused-ring (bicyclic) bond motifs is 1. The summed E-state index contributed by atoms with van der Waals surface area (Å²) in [4.78, 5) is 279. The molecule has 0 bridgehead atoms. The number of primary amides is 2. The molecule has 1 aliphatic rings. The number of nitrogens with one attached hydrogen (secondary N) is 24. The number of hydrogen-bond acceptors (Lipinski definition) is 31. The van der Waals surface area contributed by atoms with E-state index in [0.717, 1.165) is 6.42 Å². The molecule has 19 amide bonds. The highest BCUT2D eigenvalue weighted by atomic mass is 32.1. The second-order valence-corrected chi connectivity index (χ2v) is 31.7. The summed E-state index contributed by atoms with van der Waals surface area (Å²) in [6.07, 6.45) is 2.59. The van der Waals surface area contributed by atoms with Crippen molar-refractivity contribution in [3.63, 3.8) is 0 Å². The Labute approximate surface area is 783 Å². The Morgan fingerprint density at radius 2 is 0.871 bits per heavy atom. The first-order valence-corrected chi connectivity index (χ1v) is 44.5. The highest BCUT2D eigenvalue weighted by Gasteiger charge is 2.39. The van der Waals surface area contributed by atoms with Gasteiger partial charge >= 0.3 is 5.97 Å². The number of imidazole rings is 1. The van der Waals surface area contributed by atoms with Crippen LogP contribution in [0.25, 0.3) is 10.9 Å². The van der Waals surface area contributed by atoms with Crippen molar-refractivity contribution in [2.24, 2.45) is 28.7 Å². The number of aliphatic hydroxyl groups excluding tert-OH is 1. The number of unbranched alkanes of at least 4 members (excludes halogenated alkanes) is 1. The summed E-state index contributed by atoms with van der Waals surface area (Å²) in [7, 11) is 0. The van der Waals surface area contributed by atoms with Crippen LogP contribution in [0, 0.1) is 10.8 Å². The third-order valence-corrected chi connectivity index (χ3v) is 21.4. The molecule has 730 valence electrons. The number of para-hydroxylation sites is 1. The second kappa shape index (κ2) is 59.0. The van der Waals surface area contributed by atoms with Crippen molar-refractivity contribution in [1.29, 1.82) is 10.8 Å². The number of guanidine groups is 2. The largest absolute Gasteiger partial charge is 0.481 e. The van der Waals surface area contributed by atoms with E-state index in [0.29, 0.717) is 35.9 Å². The molecule has 0 spiro atoms. The number of carboxylic acid groups (broad SMARTS) is 1. The molecule has 52 nitrogen and oxygen atoms in total. The number of aliphatic hydroxyl groups is 1. The normalized spacial score (nSPS) is 15.3. The third kappa shape index (κ3) is 40.1. The number of H-pyrrole nitrogens is 2. The van der Waals surface area contributed by atoms with Crippen molar-refractivity contribution >= 4 is 204 Å². The van der Waals surface area contributed by atoms with Crippen molar-refractivity contribution in [3.8, 4) is 0 Å². The fourth-order valence-electron chi connectivity index (χ4n) is 12.5. The zero-order chi connectivity index (χ0) is 98.3. The molecule has 1 saturated heterocycles. The van der Waals surface area contributed by atoms with Gasteiger partial charge in [-0.05, 0) is 89.4 Å². The molecule has 3 heterocycles. The first kappa shape index (κ1) is 112. The predicted molar refractivity (Wildman–Crippen MR) is 490 cm³/mol. The molecule has 57 heteroatoms. The second-order valence-electron chi connectivity index (χ2n) is 29.8. The Morgan fingerprint density at radius 3 is 1.37 bits per heavy atom. The molecule has 0 radical (unpaired) electrons. The Bertz CT molecular complexity index is 4510. The van der Waals surface area contributed by atoms with Crippen LogP contribution in [-0.2, 0) is 109 Å². The lowest BCUT2D eigenvalue weighted by atomic mass is 10.0. The van der Waals surface area contributed by atoms with Gasteiger partial charge in [-0.1, -0.05) is 18.2 Å². The number of nitrogens with zero attached hydrogens (tertiary/aromatic N) is 1. The number of carbonyl (C=O) groups excluding carboxylic acids is 19. The molecular formula is C75H118N30O22S5. The molecule has 3 aromatic rings. The first-order valence-electron chi connectivity index (χ1n) is 41.3. The fraction of sp³-hybridized carbons (Fsp3) is 0.560. The lowest BCUT2D eigenvalue weighted by molar-refractivity contribution is -0.141. The maximum atomic E-state index is 14.7. The van der Waals surface area contributed by atoms with E-state index in [-0.39, 0.29) is 87.5 Å². The van der Waals surface area contributed by atoms with Crippen LogP contribution in [0.4, 0.5) is 0 Å². The maximum absolute atomic E-state index is 14.7. The summed E-state index contributed by atoms with van der Waals surface area (Å²) < 4.78 is 0. The molecule has 0 saturated carbocycles. The summed E-state index contributed by atoms with van der Waals surface area (Å²) in [5.41, 5.74) is 28.4. The molecular weight excluding hydrogens is 1830 g/mol. The topological polar surface area (TPSA) is 845 Å². The number of benzene rings is 1. The number of amides is 19. The molecule has 1 aliphatic heterocycles. The van der Waals surface area contributed by atoms with Crippen LogP contribution in [0.5, 0.6) is 0 Å². The van der Waals surface area contributed by atoms with Crippen LogP contribution in [0.3, 0.4) is 0 Å². The summed E-state index contributed by atoms with van der Waals surface area (Å²) in [5.74, 6) is -23.5. The van der Waals surface area contributed by atoms with Crippen LogP contribution < -0.4 is 135 Å². The van der Waals surface area contributed by atoms with Crippen molar-refractivity contribution in [1.82, 2.24) is 121 Å². The van der Waals surface area contributed by atoms with Gasteiger partial charge in [0.25, 0.3) is 0 Å². The minimum Gasteiger partial charge on any atom is -0.481 e. The van der Waals surface area contributed by atoms with E-state index in [4.69, 9.17) is 39.5 Å².